The van der Waals surface area contributed by atoms with Crippen molar-refractivity contribution in [3.05, 3.63) is 53.2 Å². The topological polar surface area (TPSA) is 80.5 Å². The van der Waals surface area contributed by atoms with Gasteiger partial charge in [-0.25, -0.2) is 9.97 Å². The van der Waals surface area contributed by atoms with Crippen LogP contribution >= 0.6 is 0 Å². The van der Waals surface area contributed by atoms with Crippen molar-refractivity contribution in [3.8, 4) is 11.4 Å². The highest BCUT2D eigenvalue weighted by molar-refractivity contribution is 5.59. The maximum absolute atomic E-state index is 4.85. The third kappa shape index (κ3) is 3.83. The summed E-state index contributed by atoms with van der Waals surface area (Å²) >= 11 is 0. The highest BCUT2D eigenvalue weighted by Gasteiger charge is 2.20. The lowest BCUT2D eigenvalue weighted by Gasteiger charge is -2.23. The predicted molar refractivity (Wildman–Crippen MR) is 105 cm³/mol. The number of pyridine rings is 1. The van der Waals surface area contributed by atoms with E-state index in [2.05, 4.69) is 40.6 Å². The molecule has 2 N–H and O–H groups in total. The minimum absolute atomic E-state index is 0.193. The number of nitrogens with one attached hydrogen (secondary N) is 2. The summed E-state index contributed by atoms with van der Waals surface area (Å²) < 4.78 is 2.05. The second-order valence-electron chi connectivity index (χ2n) is 7.14. The molecule has 27 heavy (non-hydrogen) atoms. The van der Waals surface area contributed by atoms with Crippen LogP contribution < -0.4 is 10.6 Å². The molecule has 0 fully saturated rings. The molecule has 0 amide bonds. The summed E-state index contributed by atoms with van der Waals surface area (Å²) in [6.07, 6.45) is 4.50. The molecule has 140 valence electrons. The van der Waals surface area contributed by atoms with Crippen LogP contribution in [0.25, 0.3) is 11.4 Å². The average molecular weight is 363 g/mol. The van der Waals surface area contributed by atoms with Crippen LogP contribution in [0.2, 0.25) is 0 Å². The molecule has 1 atom stereocenters. The van der Waals surface area contributed by atoms with Crippen LogP contribution in [0.3, 0.4) is 0 Å². The van der Waals surface area contributed by atoms with Crippen LogP contribution in [0, 0.1) is 13.8 Å². The Hall–Kier alpha value is -2.80. The van der Waals surface area contributed by atoms with Gasteiger partial charge in [0, 0.05) is 41.8 Å². The smallest absolute Gasteiger partial charge is 0.163 e. The molecule has 0 bridgehead atoms. The first-order chi connectivity index (χ1) is 13.1. The van der Waals surface area contributed by atoms with Crippen molar-refractivity contribution in [2.24, 2.45) is 0 Å². The maximum atomic E-state index is 4.85. The van der Waals surface area contributed by atoms with Crippen molar-refractivity contribution in [2.75, 3.05) is 11.9 Å². The SMILES string of the molecule is Cc1cc(C)n(C[C@@H](C)Nc2nc(-c3cccnc3)nc3c2CCNC3)n1. The van der Waals surface area contributed by atoms with Gasteiger partial charge < -0.3 is 10.6 Å². The molecule has 4 heterocycles. The van der Waals surface area contributed by atoms with Gasteiger partial charge in [-0.3, -0.25) is 9.67 Å². The first kappa shape index (κ1) is 17.6. The fraction of sp³-hybridized carbons (Fsp3) is 0.400. The third-order valence-corrected chi connectivity index (χ3v) is 4.79. The maximum Gasteiger partial charge on any atom is 0.163 e. The molecule has 3 aromatic rings. The van der Waals surface area contributed by atoms with Crippen LogP contribution in [-0.4, -0.2) is 37.3 Å². The van der Waals surface area contributed by atoms with E-state index in [1.165, 1.54) is 11.3 Å². The number of hydrogen-bond acceptors (Lipinski definition) is 6. The van der Waals surface area contributed by atoms with Gasteiger partial charge in [-0.05, 0) is 51.9 Å². The Labute approximate surface area is 159 Å². The standard InChI is InChI=1S/C20H25N7/c1-13-9-15(3)27(26-13)12-14(2)23-20-17-6-8-22-11-18(17)24-19(25-20)16-5-4-7-21-10-16/h4-5,7,9-10,14,22H,6,8,11-12H2,1-3H3,(H,23,24,25)/t14-/m1/s1. The van der Waals surface area contributed by atoms with E-state index in [1.807, 2.05) is 23.7 Å². The van der Waals surface area contributed by atoms with Crippen LogP contribution in [0.5, 0.6) is 0 Å². The summed E-state index contributed by atoms with van der Waals surface area (Å²) in [5.74, 6) is 1.64. The molecule has 0 unspecified atom stereocenters. The van der Waals surface area contributed by atoms with Crippen molar-refractivity contribution >= 4 is 5.82 Å². The largest absolute Gasteiger partial charge is 0.365 e. The zero-order valence-electron chi connectivity index (χ0n) is 16.0. The van der Waals surface area contributed by atoms with Gasteiger partial charge in [0.1, 0.15) is 5.82 Å². The Balaban J connectivity index is 1.63. The summed E-state index contributed by atoms with van der Waals surface area (Å²) in [5.41, 5.74) is 5.42. The van der Waals surface area contributed by atoms with E-state index >= 15 is 0 Å². The second-order valence-corrected chi connectivity index (χ2v) is 7.14. The van der Waals surface area contributed by atoms with Crippen molar-refractivity contribution < 1.29 is 0 Å². The van der Waals surface area contributed by atoms with Gasteiger partial charge in [0.15, 0.2) is 5.82 Å². The minimum Gasteiger partial charge on any atom is -0.365 e. The molecule has 7 heteroatoms. The molecule has 1 aliphatic rings. The zero-order chi connectivity index (χ0) is 18.8. The average Bonchev–Trinajstić information content (AvgIpc) is 2.99. The van der Waals surface area contributed by atoms with E-state index in [4.69, 9.17) is 9.97 Å². The summed E-state index contributed by atoms with van der Waals surface area (Å²) in [6.45, 7) is 8.78. The summed E-state index contributed by atoms with van der Waals surface area (Å²) in [4.78, 5) is 13.8. The quantitative estimate of drug-likeness (QED) is 0.725. The molecular formula is C20H25N7. The Morgan fingerprint density at radius 3 is 2.93 bits per heavy atom. The van der Waals surface area contributed by atoms with Crippen LogP contribution in [0.1, 0.15) is 29.6 Å². The van der Waals surface area contributed by atoms with Crippen molar-refractivity contribution in [3.63, 3.8) is 0 Å². The first-order valence-corrected chi connectivity index (χ1v) is 9.38. The Morgan fingerprint density at radius 2 is 2.19 bits per heavy atom. The van der Waals surface area contributed by atoms with Crippen LogP contribution in [0.4, 0.5) is 5.82 Å². The fourth-order valence-corrected chi connectivity index (χ4v) is 3.50. The lowest BCUT2D eigenvalue weighted by Crippen LogP contribution is -2.29. The number of nitrogens with zero attached hydrogens (tertiary/aromatic N) is 5. The van der Waals surface area contributed by atoms with E-state index in [1.54, 1.807) is 12.4 Å². The second kappa shape index (κ2) is 7.44. The van der Waals surface area contributed by atoms with E-state index in [0.29, 0.717) is 5.82 Å². The number of aryl methyl sites for hydroxylation is 2. The van der Waals surface area contributed by atoms with Crippen molar-refractivity contribution in [1.29, 1.82) is 0 Å². The predicted octanol–water partition coefficient (Wildman–Crippen LogP) is 2.50. The van der Waals surface area contributed by atoms with Crippen molar-refractivity contribution in [1.82, 2.24) is 30.0 Å². The van der Waals surface area contributed by atoms with Gasteiger partial charge in [-0.2, -0.15) is 5.10 Å². The van der Waals surface area contributed by atoms with Crippen LogP contribution in [-0.2, 0) is 19.5 Å². The van der Waals surface area contributed by atoms with Crippen molar-refractivity contribution in [2.45, 2.75) is 46.3 Å². The van der Waals surface area contributed by atoms with Gasteiger partial charge in [0.25, 0.3) is 0 Å². The summed E-state index contributed by atoms with van der Waals surface area (Å²) in [7, 11) is 0. The van der Waals surface area contributed by atoms with E-state index in [0.717, 1.165) is 48.8 Å². The molecule has 0 aliphatic carbocycles. The molecule has 0 saturated carbocycles. The number of aromatic nitrogens is 5. The van der Waals surface area contributed by atoms with Crippen LogP contribution in [0.15, 0.2) is 30.6 Å². The molecule has 0 spiro atoms. The zero-order valence-corrected chi connectivity index (χ0v) is 16.0. The van der Waals surface area contributed by atoms with Gasteiger partial charge >= 0.3 is 0 Å². The molecule has 4 rings (SSSR count). The highest BCUT2D eigenvalue weighted by atomic mass is 15.3. The van der Waals surface area contributed by atoms with E-state index in [9.17, 15) is 0 Å². The number of anilines is 1. The number of rotatable bonds is 5. The molecule has 0 radical (unpaired) electrons. The van der Waals surface area contributed by atoms with Gasteiger partial charge in [-0.1, -0.05) is 0 Å². The number of fused-ring (bicyclic) bond motifs is 1. The fourth-order valence-electron chi connectivity index (χ4n) is 3.50. The summed E-state index contributed by atoms with van der Waals surface area (Å²) in [6, 6.07) is 6.20. The van der Waals surface area contributed by atoms with E-state index in [-0.39, 0.29) is 6.04 Å². The number of hydrogen-bond donors (Lipinski definition) is 2. The third-order valence-electron chi connectivity index (χ3n) is 4.79. The van der Waals surface area contributed by atoms with E-state index < -0.39 is 0 Å². The molecular weight excluding hydrogens is 338 g/mol. The Bertz CT molecular complexity index is 933. The lowest BCUT2D eigenvalue weighted by atomic mass is 10.1. The Morgan fingerprint density at radius 1 is 1.30 bits per heavy atom. The molecule has 0 aromatic carbocycles. The Kier molecular flexibility index (Phi) is 4.85. The lowest BCUT2D eigenvalue weighted by molar-refractivity contribution is 0.542. The van der Waals surface area contributed by atoms with Gasteiger partial charge in [-0.15, -0.1) is 0 Å². The highest BCUT2D eigenvalue weighted by Crippen LogP contribution is 2.25. The summed E-state index contributed by atoms with van der Waals surface area (Å²) in [5, 5.41) is 11.6. The van der Waals surface area contributed by atoms with Gasteiger partial charge in [0.2, 0.25) is 0 Å². The first-order valence-electron chi connectivity index (χ1n) is 9.38. The minimum atomic E-state index is 0.193. The normalized spacial score (nSPS) is 14.6. The van der Waals surface area contributed by atoms with Gasteiger partial charge in [0.05, 0.1) is 17.9 Å². The molecule has 1 aliphatic heterocycles. The molecule has 7 nitrogen and oxygen atoms in total. The monoisotopic (exact) mass is 363 g/mol. The molecule has 0 saturated heterocycles. The molecule has 3 aromatic heterocycles.